The van der Waals surface area contributed by atoms with Gasteiger partial charge in [-0.3, -0.25) is 4.79 Å². The maximum atomic E-state index is 12.3. The molecule has 9 heteroatoms. The fraction of sp³-hybridized carbons (Fsp3) is 0.286. The van der Waals surface area contributed by atoms with Crippen LogP contribution in [0.25, 0.3) is 0 Å². The number of amides is 1. The van der Waals surface area contributed by atoms with Crippen LogP contribution >= 0.6 is 0 Å². The summed E-state index contributed by atoms with van der Waals surface area (Å²) in [6.07, 6.45) is 3.00. The topological polar surface area (TPSA) is 107 Å². The summed E-state index contributed by atoms with van der Waals surface area (Å²) < 4.78 is 27.2. The molecule has 0 bridgehead atoms. The number of H-pyrrole nitrogens is 1. The molecular weight excluding hydrogens is 318 g/mol. The Kier molecular flexibility index (Phi) is 3.13. The van der Waals surface area contributed by atoms with Gasteiger partial charge in [-0.2, -0.15) is 0 Å². The Bertz CT molecular complexity index is 849. The van der Waals surface area contributed by atoms with Crippen molar-refractivity contribution in [3.63, 3.8) is 0 Å². The Labute approximate surface area is 133 Å². The summed E-state index contributed by atoms with van der Waals surface area (Å²) in [7, 11) is -3.66. The summed E-state index contributed by atoms with van der Waals surface area (Å²) in [4.78, 5) is 20.5. The van der Waals surface area contributed by atoms with Crippen molar-refractivity contribution >= 4 is 27.3 Å². The van der Waals surface area contributed by atoms with Crippen molar-refractivity contribution in [3.05, 3.63) is 36.8 Å². The van der Waals surface area contributed by atoms with E-state index >= 15 is 0 Å². The third-order valence-corrected chi connectivity index (χ3v) is 5.61. The second-order valence-corrected chi connectivity index (χ2v) is 7.33. The average molecular weight is 333 g/mol. The number of imidazole rings is 1. The van der Waals surface area contributed by atoms with Crippen LogP contribution in [0.1, 0.15) is 6.42 Å². The molecule has 0 aliphatic carbocycles. The molecular formula is C14H15N5O3S. The molecule has 1 amide bonds. The minimum atomic E-state index is -3.66. The fourth-order valence-corrected chi connectivity index (χ4v) is 4.30. The third-order valence-electron chi connectivity index (χ3n) is 4.16. The number of para-hydroxylation sites is 2. The van der Waals surface area contributed by atoms with E-state index in [-0.39, 0.29) is 23.0 Å². The number of sulfonamides is 1. The minimum Gasteiger partial charge on any atom is -0.356 e. The van der Waals surface area contributed by atoms with Crippen LogP contribution < -0.4 is 14.9 Å². The predicted molar refractivity (Wildman–Crippen MR) is 83.5 cm³/mol. The van der Waals surface area contributed by atoms with Gasteiger partial charge in [0.05, 0.1) is 23.9 Å². The van der Waals surface area contributed by atoms with E-state index < -0.39 is 10.0 Å². The number of benzene rings is 1. The van der Waals surface area contributed by atoms with E-state index in [1.54, 1.807) is 0 Å². The second-order valence-electron chi connectivity index (χ2n) is 5.64. The molecule has 2 atom stereocenters. The van der Waals surface area contributed by atoms with Crippen LogP contribution in [0, 0.1) is 0 Å². The molecule has 0 saturated carbocycles. The molecule has 1 fully saturated rings. The Hall–Kier alpha value is -2.39. The first-order chi connectivity index (χ1) is 11.0. The lowest BCUT2D eigenvalue weighted by Crippen LogP contribution is -2.44. The van der Waals surface area contributed by atoms with Crippen molar-refractivity contribution < 1.29 is 13.2 Å². The van der Waals surface area contributed by atoms with Crippen LogP contribution in [-0.4, -0.2) is 42.9 Å². The first-order valence-electron chi connectivity index (χ1n) is 7.22. The van der Waals surface area contributed by atoms with Gasteiger partial charge in [-0.05, 0) is 18.6 Å². The molecule has 2 aliphatic rings. The minimum absolute atomic E-state index is 0.0206. The van der Waals surface area contributed by atoms with Crippen LogP contribution in [0.3, 0.4) is 0 Å². The van der Waals surface area contributed by atoms with E-state index in [2.05, 4.69) is 20.0 Å². The highest BCUT2D eigenvalue weighted by Gasteiger charge is 2.42. The van der Waals surface area contributed by atoms with E-state index in [1.807, 2.05) is 29.2 Å². The van der Waals surface area contributed by atoms with E-state index in [1.165, 1.54) is 12.5 Å². The lowest BCUT2D eigenvalue weighted by atomic mass is 10.1. The summed E-state index contributed by atoms with van der Waals surface area (Å²) in [5.74, 6) is -0.105. The van der Waals surface area contributed by atoms with Gasteiger partial charge < -0.3 is 15.2 Å². The molecule has 8 nitrogen and oxygen atoms in total. The zero-order valence-corrected chi connectivity index (χ0v) is 12.9. The molecule has 2 unspecified atom stereocenters. The van der Waals surface area contributed by atoms with Gasteiger partial charge >= 0.3 is 0 Å². The summed E-state index contributed by atoms with van der Waals surface area (Å²) in [6.45, 7) is 0.447. The van der Waals surface area contributed by atoms with Gasteiger partial charge in [-0.1, -0.05) is 12.1 Å². The molecule has 23 heavy (non-hydrogen) atoms. The molecule has 4 rings (SSSR count). The summed E-state index contributed by atoms with van der Waals surface area (Å²) in [6, 6.07) is 6.81. The first-order valence-corrected chi connectivity index (χ1v) is 8.70. The second kappa shape index (κ2) is 5.07. The van der Waals surface area contributed by atoms with E-state index in [9.17, 15) is 13.2 Å². The van der Waals surface area contributed by atoms with E-state index in [4.69, 9.17) is 0 Å². The Balaban J connectivity index is 1.59. The van der Waals surface area contributed by atoms with Crippen molar-refractivity contribution in [3.8, 4) is 0 Å². The maximum Gasteiger partial charge on any atom is 0.257 e. The zero-order valence-electron chi connectivity index (χ0n) is 12.1. The Morgan fingerprint density at radius 2 is 2.13 bits per heavy atom. The highest BCUT2D eigenvalue weighted by molar-refractivity contribution is 7.89. The van der Waals surface area contributed by atoms with Gasteiger partial charge in [0.25, 0.3) is 10.0 Å². The molecule has 3 heterocycles. The van der Waals surface area contributed by atoms with Crippen molar-refractivity contribution in [2.75, 3.05) is 16.8 Å². The third kappa shape index (κ3) is 2.37. The molecule has 1 aromatic carbocycles. The average Bonchev–Trinajstić information content (AvgIpc) is 3.16. The number of nitrogens with zero attached hydrogens (tertiary/aromatic N) is 2. The van der Waals surface area contributed by atoms with Crippen LogP contribution in [-0.2, 0) is 14.8 Å². The van der Waals surface area contributed by atoms with Gasteiger partial charge in [0.1, 0.15) is 6.04 Å². The quantitative estimate of drug-likeness (QED) is 0.748. The Morgan fingerprint density at radius 3 is 2.91 bits per heavy atom. The summed E-state index contributed by atoms with van der Waals surface area (Å²) in [5, 5.41) is 2.89. The number of nitrogens with one attached hydrogen (secondary N) is 3. The van der Waals surface area contributed by atoms with Crippen molar-refractivity contribution in [2.45, 2.75) is 23.5 Å². The molecule has 1 saturated heterocycles. The number of rotatable bonds is 3. The fourth-order valence-electron chi connectivity index (χ4n) is 3.15. The zero-order chi connectivity index (χ0) is 16.0. The van der Waals surface area contributed by atoms with Crippen molar-refractivity contribution in [1.29, 1.82) is 0 Å². The number of aromatic amines is 1. The number of aromatic nitrogens is 2. The van der Waals surface area contributed by atoms with Gasteiger partial charge in [-0.25, -0.2) is 18.1 Å². The standard InChI is InChI=1S/C14H15N5O3S/c20-14-12-5-9(18-23(21,22)13-6-15-8-16-13)7-19(12)11-4-2-1-3-10(11)17-14/h1-4,6,8-9,12,18H,5,7H2,(H,15,16)(H,17,20). The molecule has 120 valence electrons. The number of carbonyl (C=O) groups is 1. The van der Waals surface area contributed by atoms with Gasteiger partial charge in [0, 0.05) is 12.6 Å². The van der Waals surface area contributed by atoms with Gasteiger partial charge in [-0.15, -0.1) is 0 Å². The van der Waals surface area contributed by atoms with Gasteiger partial charge in [0.2, 0.25) is 5.91 Å². The lowest BCUT2D eigenvalue weighted by molar-refractivity contribution is -0.117. The molecule has 2 aliphatic heterocycles. The normalized spacial score (nSPS) is 23.3. The van der Waals surface area contributed by atoms with Crippen LogP contribution in [0.2, 0.25) is 0 Å². The lowest BCUT2D eigenvalue weighted by Gasteiger charge is -2.32. The molecule has 3 N–H and O–H groups in total. The smallest absolute Gasteiger partial charge is 0.257 e. The summed E-state index contributed by atoms with van der Waals surface area (Å²) >= 11 is 0. The number of carbonyl (C=O) groups excluding carboxylic acids is 1. The number of fused-ring (bicyclic) bond motifs is 3. The van der Waals surface area contributed by atoms with Crippen LogP contribution in [0.4, 0.5) is 11.4 Å². The molecule has 0 radical (unpaired) electrons. The molecule has 0 spiro atoms. The van der Waals surface area contributed by atoms with E-state index in [0.717, 1.165) is 11.4 Å². The van der Waals surface area contributed by atoms with Crippen LogP contribution in [0.15, 0.2) is 41.8 Å². The molecule has 1 aromatic heterocycles. The highest BCUT2D eigenvalue weighted by atomic mass is 32.2. The van der Waals surface area contributed by atoms with Crippen molar-refractivity contribution in [2.24, 2.45) is 0 Å². The van der Waals surface area contributed by atoms with Gasteiger partial charge in [0.15, 0.2) is 5.03 Å². The maximum absolute atomic E-state index is 12.3. The van der Waals surface area contributed by atoms with Crippen molar-refractivity contribution in [1.82, 2.24) is 14.7 Å². The number of hydrogen-bond donors (Lipinski definition) is 3. The number of hydrogen-bond acceptors (Lipinski definition) is 5. The monoisotopic (exact) mass is 333 g/mol. The highest BCUT2D eigenvalue weighted by Crippen LogP contribution is 2.36. The van der Waals surface area contributed by atoms with E-state index in [0.29, 0.717) is 13.0 Å². The molecule has 2 aromatic rings. The SMILES string of the molecule is O=C1Nc2ccccc2N2CC(NS(=O)(=O)c3cnc[nH]3)CC12. The summed E-state index contributed by atoms with van der Waals surface area (Å²) in [5.41, 5.74) is 1.67. The van der Waals surface area contributed by atoms with Crippen LogP contribution in [0.5, 0.6) is 0 Å². The number of anilines is 2. The Morgan fingerprint density at radius 1 is 1.30 bits per heavy atom. The predicted octanol–water partition coefficient (Wildman–Crippen LogP) is 0.288. The largest absolute Gasteiger partial charge is 0.356 e. The first kappa shape index (κ1) is 14.2.